The Kier molecular flexibility index (Phi) is 4.49. The van der Waals surface area contributed by atoms with E-state index in [1.165, 1.54) is 0 Å². The van der Waals surface area contributed by atoms with E-state index in [1.807, 2.05) is 0 Å². The van der Waals surface area contributed by atoms with Gasteiger partial charge >= 0.3 is 5.97 Å². The zero-order valence-corrected chi connectivity index (χ0v) is 6.42. The van der Waals surface area contributed by atoms with Crippen LogP contribution in [-0.2, 0) is 4.79 Å². The van der Waals surface area contributed by atoms with Gasteiger partial charge in [-0.15, -0.1) is 0 Å². The van der Waals surface area contributed by atoms with Crippen molar-refractivity contribution in [2.45, 2.75) is 25.4 Å². The second-order valence-corrected chi connectivity index (χ2v) is 2.46. The van der Waals surface area contributed by atoms with E-state index in [0.717, 1.165) is 0 Å². The quantitative estimate of drug-likeness (QED) is 0.389. The molecule has 4 heteroatoms. The molecule has 0 saturated heterocycles. The minimum Gasteiger partial charge on any atom is -0.478 e. The lowest BCUT2D eigenvalue weighted by molar-refractivity contribution is -0.132. The molecule has 0 radical (unpaired) electrons. The van der Waals surface area contributed by atoms with Crippen LogP contribution in [0.25, 0.3) is 0 Å². The molecule has 0 aromatic heterocycles. The summed E-state index contributed by atoms with van der Waals surface area (Å²) < 4.78 is 0. The van der Waals surface area contributed by atoms with E-state index in [9.17, 15) is 4.79 Å². The molecule has 0 amide bonds. The summed E-state index contributed by atoms with van der Waals surface area (Å²) in [6, 6.07) is 0. The van der Waals surface area contributed by atoms with E-state index in [4.69, 9.17) is 16.6 Å². The number of nitrogens with two attached hydrogens (primary N) is 2. The minimum absolute atomic E-state index is 0.214. The summed E-state index contributed by atoms with van der Waals surface area (Å²) in [4.78, 5) is 10.2. The Balaban J connectivity index is 3.40. The third kappa shape index (κ3) is 5.57. The van der Waals surface area contributed by atoms with Gasteiger partial charge < -0.3 is 16.6 Å². The van der Waals surface area contributed by atoms with E-state index in [1.54, 1.807) is 0 Å². The van der Waals surface area contributed by atoms with E-state index in [2.05, 4.69) is 6.58 Å². The Morgan fingerprint density at radius 3 is 2.45 bits per heavy atom. The molecule has 0 unspecified atom stereocenters. The number of carboxylic acids is 1. The van der Waals surface area contributed by atoms with Gasteiger partial charge in [0.15, 0.2) is 0 Å². The highest BCUT2D eigenvalue weighted by Crippen LogP contribution is 2.04. The molecule has 0 aliphatic heterocycles. The zero-order valence-electron chi connectivity index (χ0n) is 6.42. The van der Waals surface area contributed by atoms with Crippen LogP contribution in [0.2, 0.25) is 0 Å². The first-order valence-corrected chi connectivity index (χ1v) is 3.46. The largest absolute Gasteiger partial charge is 0.478 e. The van der Waals surface area contributed by atoms with Gasteiger partial charge in [0, 0.05) is 5.57 Å². The third-order valence-electron chi connectivity index (χ3n) is 1.32. The monoisotopic (exact) mass is 158 g/mol. The van der Waals surface area contributed by atoms with Crippen molar-refractivity contribution in [2.24, 2.45) is 11.5 Å². The topological polar surface area (TPSA) is 89.3 Å². The molecule has 11 heavy (non-hydrogen) atoms. The van der Waals surface area contributed by atoms with Crippen LogP contribution in [0.1, 0.15) is 19.3 Å². The first kappa shape index (κ1) is 10.1. The lowest BCUT2D eigenvalue weighted by Gasteiger charge is -2.03. The molecule has 0 spiro atoms. The van der Waals surface area contributed by atoms with E-state index in [-0.39, 0.29) is 11.7 Å². The number of hydrogen-bond donors (Lipinski definition) is 3. The average molecular weight is 158 g/mol. The summed E-state index contributed by atoms with van der Waals surface area (Å²) in [7, 11) is 0. The molecule has 64 valence electrons. The fraction of sp³-hybridized carbons (Fsp3) is 0.571. The second-order valence-electron chi connectivity index (χ2n) is 2.46. The average Bonchev–Trinajstić information content (AvgIpc) is 1.86. The molecule has 5 N–H and O–H groups in total. The predicted molar refractivity (Wildman–Crippen MR) is 42.8 cm³/mol. The van der Waals surface area contributed by atoms with Crippen LogP contribution in [0.4, 0.5) is 0 Å². The molecule has 0 rings (SSSR count). The second kappa shape index (κ2) is 4.87. The maximum Gasteiger partial charge on any atom is 0.330 e. The fourth-order valence-electron chi connectivity index (χ4n) is 0.658. The van der Waals surface area contributed by atoms with Crippen LogP contribution in [-0.4, -0.2) is 17.2 Å². The van der Waals surface area contributed by atoms with Crippen molar-refractivity contribution in [3.63, 3.8) is 0 Å². The summed E-state index contributed by atoms with van der Waals surface area (Å²) in [5.74, 6) is -0.949. The standard InChI is InChI=1S/C7H14N2O2/c1-5(7(10)11)3-2-4-6(8)9/h6H,1-4,8-9H2,(H,10,11). The summed E-state index contributed by atoms with van der Waals surface area (Å²) in [6.07, 6.45) is 1.42. The maximum atomic E-state index is 10.2. The van der Waals surface area contributed by atoms with Gasteiger partial charge in [-0.3, -0.25) is 0 Å². The lowest BCUT2D eigenvalue weighted by atomic mass is 10.1. The smallest absolute Gasteiger partial charge is 0.330 e. The number of carboxylic acid groups (broad SMARTS) is 1. The molecule has 0 aliphatic rings. The zero-order chi connectivity index (χ0) is 8.85. The van der Waals surface area contributed by atoms with E-state index < -0.39 is 5.97 Å². The number of rotatable bonds is 5. The van der Waals surface area contributed by atoms with Gasteiger partial charge in [-0.25, -0.2) is 4.79 Å². The molecule has 0 heterocycles. The minimum atomic E-state index is -0.949. The van der Waals surface area contributed by atoms with Crippen molar-refractivity contribution in [2.75, 3.05) is 0 Å². The van der Waals surface area contributed by atoms with Gasteiger partial charge in [-0.05, 0) is 19.3 Å². The molecule has 0 fully saturated rings. The van der Waals surface area contributed by atoms with Crippen LogP contribution in [0.3, 0.4) is 0 Å². The molecule has 4 nitrogen and oxygen atoms in total. The molecule has 0 bridgehead atoms. The first-order chi connectivity index (χ1) is 5.04. The van der Waals surface area contributed by atoms with Gasteiger partial charge in [0.05, 0.1) is 6.17 Å². The highest BCUT2D eigenvalue weighted by atomic mass is 16.4. The van der Waals surface area contributed by atoms with E-state index >= 15 is 0 Å². The van der Waals surface area contributed by atoms with Gasteiger partial charge in [0.1, 0.15) is 0 Å². The van der Waals surface area contributed by atoms with Crippen molar-refractivity contribution in [3.8, 4) is 0 Å². The summed E-state index contributed by atoms with van der Waals surface area (Å²) in [5, 5.41) is 8.39. The number of carbonyl (C=O) groups is 1. The Bertz CT molecular complexity index is 155. The molecular weight excluding hydrogens is 144 g/mol. The Labute approximate surface area is 65.9 Å². The van der Waals surface area contributed by atoms with Gasteiger partial charge in [-0.1, -0.05) is 6.58 Å². The highest BCUT2D eigenvalue weighted by Gasteiger charge is 2.03. The summed E-state index contributed by atoms with van der Waals surface area (Å²) >= 11 is 0. The Morgan fingerprint density at radius 2 is 2.09 bits per heavy atom. The Hall–Kier alpha value is -0.870. The number of aliphatic carboxylic acids is 1. The van der Waals surface area contributed by atoms with Gasteiger partial charge in [-0.2, -0.15) is 0 Å². The van der Waals surface area contributed by atoms with Crippen LogP contribution < -0.4 is 11.5 Å². The molecule has 0 aliphatic carbocycles. The van der Waals surface area contributed by atoms with Gasteiger partial charge in [0.2, 0.25) is 0 Å². The normalized spacial score (nSPS) is 10.1. The summed E-state index contributed by atoms with van der Waals surface area (Å²) in [6.45, 7) is 3.37. The first-order valence-electron chi connectivity index (χ1n) is 3.46. The summed E-state index contributed by atoms with van der Waals surface area (Å²) in [5.41, 5.74) is 10.7. The maximum absolute atomic E-state index is 10.2. The molecule has 0 aromatic rings. The Morgan fingerprint density at radius 1 is 1.55 bits per heavy atom. The SMILES string of the molecule is C=C(CCCC(N)N)C(=O)O. The van der Waals surface area contributed by atoms with Crippen LogP contribution in [0, 0.1) is 0 Å². The highest BCUT2D eigenvalue weighted by molar-refractivity contribution is 5.85. The fourth-order valence-corrected chi connectivity index (χ4v) is 0.658. The number of hydrogen-bond acceptors (Lipinski definition) is 3. The van der Waals surface area contributed by atoms with Gasteiger partial charge in [0.25, 0.3) is 0 Å². The van der Waals surface area contributed by atoms with Crippen LogP contribution in [0.5, 0.6) is 0 Å². The molecule has 0 aromatic carbocycles. The van der Waals surface area contributed by atoms with E-state index in [0.29, 0.717) is 19.3 Å². The van der Waals surface area contributed by atoms with Crippen LogP contribution >= 0.6 is 0 Å². The third-order valence-corrected chi connectivity index (χ3v) is 1.32. The predicted octanol–water partition coefficient (Wildman–Crippen LogP) is 0.0410. The molecule has 0 atom stereocenters. The van der Waals surface area contributed by atoms with Crippen molar-refractivity contribution in [1.29, 1.82) is 0 Å². The molecular formula is C7H14N2O2. The van der Waals surface area contributed by atoms with Crippen molar-refractivity contribution >= 4 is 5.97 Å². The molecule has 0 saturated carbocycles. The van der Waals surface area contributed by atoms with Crippen molar-refractivity contribution in [3.05, 3.63) is 12.2 Å². The van der Waals surface area contributed by atoms with Crippen molar-refractivity contribution < 1.29 is 9.90 Å². The van der Waals surface area contributed by atoms with Crippen molar-refractivity contribution in [1.82, 2.24) is 0 Å². The van der Waals surface area contributed by atoms with Crippen LogP contribution in [0.15, 0.2) is 12.2 Å². The lowest BCUT2D eigenvalue weighted by Crippen LogP contribution is -2.29.